The molecule has 0 bridgehead atoms. The Morgan fingerprint density at radius 2 is 2.00 bits per heavy atom. The van der Waals surface area contributed by atoms with Crippen LogP contribution in [0, 0.1) is 6.92 Å². The fraction of sp³-hybridized carbons (Fsp3) is 0.333. The molecule has 0 saturated heterocycles. The van der Waals surface area contributed by atoms with Crippen LogP contribution in [0.3, 0.4) is 0 Å². The van der Waals surface area contributed by atoms with Crippen LogP contribution in [0.2, 0.25) is 4.34 Å². The van der Waals surface area contributed by atoms with Gasteiger partial charge in [0.05, 0.1) is 16.3 Å². The lowest BCUT2D eigenvalue weighted by atomic mass is 10.2. The number of aryl methyl sites for hydroxylation is 1. The van der Waals surface area contributed by atoms with E-state index in [1.807, 2.05) is 6.07 Å². The zero-order chi connectivity index (χ0) is 17.0. The summed E-state index contributed by atoms with van der Waals surface area (Å²) < 4.78 is 38.5. The van der Waals surface area contributed by atoms with Gasteiger partial charge in [-0.25, -0.2) is 13.1 Å². The highest BCUT2D eigenvalue weighted by atomic mass is 35.5. The van der Waals surface area contributed by atoms with Crippen molar-refractivity contribution in [3.63, 3.8) is 0 Å². The number of hydrogen-bond acceptors (Lipinski definition) is 5. The molecule has 2 rings (SSSR count). The molecule has 0 amide bonds. The minimum atomic E-state index is -3.63. The number of methoxy groups -OCH3 is 2. The Balaban J connectivity index is 2.13. The molecule has 1 aromatic heterocycles. The Morgan fingerprint density at radius 1 is 1.26 bits per heavy atom. The zero-order valence-corrected chi connectivity index (χ0v) is 15.4. The largest absolute Gasteiger partial charge is 0.496 e. The molecule has 126 valence electrons. The van der Waals surface area contributed by atoms with Crippen LogP contribution in [0.4, 0.5) is 0 Å². The van der Waals surface area contributed by atoms with E-state index in [4.69, 9.17) is 21.1 Å². The van der Waals surface area contributed by atoms with Gasteiger partial charge in [0.2, 0.25) is 10.0 Å². The molecule has 0 aliphatic carbocycles. The molecular weight excluding hydrogens is 358 g/mol. The van der Waals surface area contributed by atoms with Crippen molar-refractivity contribution in [1.29, 1.82) is 0 Å². The maximum atomic E-state index is 12.4. The van der Waals surface area contributed by atoms with Crippen molar-refractivity contribution in [2.24, 2.45) is 0 Å². The van der Waals surface area contributed by atoms with Gasteiger partial charge in [0.15, 0.2) is 0 Å². The highest BCUT2D eigenvalue weighted by molar-refractivity contribution is 7.89. The lowest BCUT2D eigenvalue weighted by Crippen LogP contribution is -2.29. The van der Waals surface area contributed by atoms with E-state index in [1.54, 1.807) is 32.2 Å². The van der Waals surface area contributed by atoms with Gasteiger partial charge in [0.25, 0.3) is 0 Å². The monoisotopic (exact) mass is 375 g/mol. The predicted octanol–water partition coefficient (Wildman–Crippen LogP) is 3.38. The SMILES string of the molecule is COc1ccc(S(=O)(=O)NCC(OC)c2ccc(Cl)s2)cc1C. The molecule has 0 saturated carbocycles. The molecule has 5 nitrogen and oxygen atoms in total. The van der Waals surface area contributed by atoms with Crippen LogP contribution in [-0.4, -0.2) is 29.2 Å². The zero-order valence-electron chi connectivity index (χ0n) is 13.0. The molecular formula is C15H18ClNO4S2. The van der Waals surface area contributed by atoms with E-state index in [9.17, 15) is 8.42 Å². The Morgan fingerprint density at radius 3 is 2.52 bits per heavy atom. The van der Waals surface area contributed by atoms with Gasteiger partial charge in [-0.3, -0.25) is 0 Å². The van der Waals surface area contributed by atoms with E-state index >= 15 is 0 Å². The maximum absolute atomic E-state index is 12.4. The van der Waals surface area contributed by atoms with Gasteiger partial charge >= 0.3 is 0 Å². The molecule has 0 aliphatic heterocycles. The second-order valence-corrected chi connectivity index (χ2v) is 8.36. The van der Waals surface area contributed by atoms with Crippen LogP contribution < -0.4 is 9.46 Å². The maximum Gasteiger partial charge on any atom is 0.240 e. The van der Waals surface area contributed by atoms with Crippen LogP contribution in [0.25, 0.3) is 0 Å². The molecule has 0 fully saturated rings. The van der Waals surface area contributed by atoms with Gasteiger partial charge in [-0.05, 0) is 42.8 Å². The first-order chi connectivity index (χ1) is 10.9. The predicted molar refractivity (Wildman–Crippen MR) is 92.0 cm³/mol. The Hall–Kier alpha value is -1.12. The summed E-state index contributed by atoms with van der Waals surface area (Å²) in [6, 6.07) is 8.31. The number of sulfonamides is 1. The normalized spacial score (nSPS) is 13.0. The summed E-state index contributed by atoms with van der Waals surface area (Å²) in [5, 5.41) is 0. The van der Waals surface area contributed by atoms with E-state index in [2.05, 4.69) is 4.72 Å². The van der Waals surface area contributed by atoms with Gasteiger partial charge < -0.3 is 9.47 Å². The van der Waals surface area contributed by atoms with Gasteiger partial charge in [-0.1, -0.05) is 11.6 Å². The lowest BCUT2D eigenvalue weighted by Gasteiger charge is -2.15. The molecule has 23 heavy (non-hydrogen) atoms. The van der Waals surface area contributed by atoms with Crippen LogP contribution in [0.5, 0.6) is 5.75 Å². The summed E-state index contributed by atoms with van der Waals surface area (Å²) in [5.74, 6) is 0.645. The fourth-order valence-corrected chi connectivity index (χ4v) is 4.34. The average molecular weight is 376 g/mol. The van der Waals surface area contributed by atoms with Crippen molar-refractivity contribution in [1.82, 2.24) is 4.72 Å². The molecule has 0 radical (unpaired) electrons. The number of nitrogens with one attached hydrogen (secondary N) is 1. The van der Waals surface area contributed by atoms with Crippen molar-refractivity contribution >= 4 is 33.0 Å². The fourth-order valence-electron chi connectivity index (χ4n) is 2.09. The minimum absolute atomic E-state index is 0.126. The average Bonchev–Trinajstić information content (AvgIpc) is 2.94. The molecule has 2 aromatic rings. The number of hydrogen-bond donors (Lipinski definition) is 1. The molecule has 0 aliphatic rings. The van der Waals surface area contributed by atoms with Crippen LogP contribution in [-0.2, 0) is 14.8 Å². The number of benzene rings is 1. The standard InChI is InChI=1S/C15H18ClNO4S2/c1-10-8-11(4-5-12(10)20-2)23(18,19)17-9-13(21-3)14-6-7-15(16)22-14/h4-8,13,17H,9H2,1-3H3. The summed E-state index contributed by atoms with van der Waals surface area (Å²) in [5.41, 5.74) is 0.753. The van der Waals surface area contributed by atoms with Crippen molar-refractivity contribution < 1.29 is 17.9 Å². The lowest BCUT2D eigenvalue weighted by molar-refractivity contribution is 0.110. The summed E-state index contributed by atoms with van der Waals surface area (Å²) in [7, 11) is -0.550. The van der Waals surface area contributed by atoms with Crippen molar-refractivity contribution in [3.05, 3.63) is 45.1 Å². The number of halogens is 1. The Labute approximate surface area is 145 Å². The van der Waals surface area contributed by atoms with Crippen LogP contribution in [0.1, 0.15) is 16.5 Å². The third-order valence-electron chi connectivity index (χ3n) is 3.33. The second-order valence-electron chi connectivity index (χ2n) is 4.85. The Bertz CT molecular complexity index is 774. The molecule has 1 aromatic carbocycles. The van der Waals surface area contributed by atoms with E-state index in [0.717, 1.165) is 10.4 Å². The van der Waals surface area contributed by atoms with Crippen molar-refractivity contribution in [2.75, 3.05) is 20.8 Å². The minimum Gasteiger partial charge on any atom is -0.496 e. The van der Waals surface area contributed by atoms with Crippen molar-refractivity contribution in [2.45, 2.75) is 17.9 Å². The summed E-state index contributed by atoms with van der Waals surface area (Å²) in [4.78, 5) is 1.06. The second kappa shape index (κ2) is 7.63. The quantitative estimate of drug-likeness (QED) is 0.805. The van der Waals surface area contributed by atoms with Crippen LogP contribution >= 0.6 is 22.9 Å². The first-order valence-corrected chi connectivity index (χ1v) is 9.47. The van der Waals surface area contributed by atoms with E-state index in [0.29, 0.717) is 10.1 Å². The topological polar surface area (TPSA) is 64.6 Å². The molecule has 1 atom stereocenters. The Kier molecular flexibility index (Phi) is 6.05. The number of ether oxygens (including phenoxy) is 2. The highest BCUT2D eigenvalue weighted by Crippen LogP contribution is 2.28. The van der Waals surface area contributed by atoms with Crippen LogP contribution in [0.15, 0.2) is 35.2 Å². The molecule has 8 heteroatoms. The molecule has 1 N–H and O–H groups in total. The third kappa shape index (κ3) is 4.45. The van der Waals surface area contributed by atoms with Gasteiger partial charge in [-0.2, -0.15) is 0 Å². The molecule has 1 unspecified atom stereocenters. The molecule has 1 heterocycles. The van der Waals surface area contributed by atoms with Crippen molar-refractivity contribution in [3.8, 4) is 5.75 Å². The van der Waals surface area contributed by atoms with E-state index in [-0.39, 0.29) is 17.5 Å². The third-order valence-corrected chi connectivity index (χ3v) is 6.08. The first kappa shape index (κ1) is 18.2. The number of thiophene rings is 1. The smallest absolute Gasteiger partial charge is 0.240 e. The summed E-state index contributed by atoms with van der Waals surface area (Å²) in [6.07, 6.45) is -0.387. The van der Waals surface area contributed by atoms with E-state index in [1.165, 1.54) is 24.5 Å². The summed E-state index contributed by atoms with van der Waals surface area (Å²) in [6.45, 7) is 1.92. The first-order valence-electron chi connectivity index (χ1n) is 6.79. The van der Waals surface area contributed by atoms with E-state index < -0.39 is 10.0 Å². The molecule has 0 spiro atoms. The summed E-state index contributed by atoms with van der Waals surface area (Å²) >= 11 is 7.27. The van der Waals surface area contributed by atoms with Gasteiger partial charge in [0, 0.05) is 18.5 Å². The highest BCUT2D eigenvalue weighted by Gasteiger charge is 2.20. The number of rotatable bonds is 7. The van der Waals surface area contributed by atoms with Gasteiger partial charge in [0.1, 0.15) is 11.9 Å². The van der Waals surface area contributed by atoms with Gasteiger partial charge in [-0.15, -0.1) is 11.3 Å².